The number of piperazine rings is 1. The number of benzene rings is 2. The summed E-state index contributed by atoms with van der Waals surface area (Å²) in [4.78, 5) is 39.9. The van der Waals surface area contributed by atoms with Crippen molar-refractivity contribution in [1.29, 1.82) is 0 Å². The summed E-state index contributed by atoms with van der Waals surface area (Å²) in [5, 5.41) is 3.31. The van der Waals surface area contributed by atoms with Gasteiger partial charge in [0.25, 0.3) is 0 Å². The molecule has 2 aromatic carbocycles. The fraction of sp³-hybridized carbons (Fsp3) is 0.400. The Bertz CT molecular complexity index is 1320. The smallest absolute Gasteiger partial charge is 0.240 e. The third-order valence-electron chi connectivity index (χ3n) is 8.27. The van der Waals surface area contributed by atoms with Crippen molar-refractivity contribution in [2.45, 2.75) is 38.1 Å². The molecule has 3 fully saturated rings. The van der Waals surface area contributed by atoms with E-state index < -0.39 is 0 Å². The lowest BCUT2D eigenvalue weighted by Crippen LogP contribution is -2.51. The zero-order valence-electron chi connectivity index (χ0n) is 22.1. The molecule has 1 saturated carbocycles. The van der Waals surface area contributed by atoms with Gasteiger partial charge in [0.05, 0.1) is 5.69 Å². The summed E-state index contributed by atoms with van der Waals surface area (Å²) in [6.07, 6.45) is 6.83. The van der Waals surface area contributed by atoms with Crippen LogP contribution in [0.4, 0.5) is 23.0 Å². The zero-order chi connectivity index (χ0) is 26.8. The molecule has 3 N–H and O–H groups in total. The van der Waals surface area contributed by atoms with Gasteiger partial charge in [0.15, 0.2) is 0 Å². The molecule has 2 saturated heterocycles. The number of nitrogens with one attached hydrogen (secondary N) is 1. The summed E-state index contributed by atoms with van der Waals surface area (Å²) in [7, 11) is 0. The molecule has 1 aromatic heterocycles. The van der Waals surface area contributed by atoms with Crippen LogP contribution in [0.2, 0.25) is 0 Å². The standard InChI is InChI=1S/C30H35N7O2/c31-28(38)27-5-2-16-37(27)25-10-6-21(7-11-25)26-14-15-32-30(34-26)33-23-8-12-24(13-9-23)35-17-19-36(20-18-35)29(39)22-3-1-4-22/h6-15,22,27H,1-5,16-20H2,(H2,31,38)(H,32,33,34)/t27-/m1/s1. The largest absolute Gasteiger partial charge is 0.368 e. The molecule has 39 heavy (non-hydrogen) atoms. The molecule has 202 valence electrons. The van der Waals surface area contributed by atoms with Gasteiger partial charge >= 0.3 is 0 Å². The minimum Gasteiger partial charge on any atom is -0.368 e. The number of hydrogen-bond donors (Lipinski definition) is 2. The van der Waals surface area contributed by atoms with Gasteiger partial charge in [-0.15, -0.1) is 0 Å². The molecule has 9 heteroatoms. The first-order chi connectivity index (χ1) is 19.0. The summed E-state index contributed by atoms with van der Waals surface area (Å²) < 4.78 is 0. The van der Waals surface area contributed by atoms with Crippen molar-refractivity contribution >= 4 is 34.8 Å². The van der Waals surface area contributed by atoms with Crippen LogP contribution in [0.15, 0.2) is 60.8 Å². The Kier molecular flexibility index (Phi) is 7.04. The summed E-state index contributed by atoms with van der Waals surface area (Å²) in [5.41, 5.74) is 10.4. The van der Waals surface area contributed by atoms with Crippen LogP contribution in [0.3, 0.4) is 0 Å². The van der Waals surface area contributed by atoms with Crippen molar-refractivity contribution in [3.05, 3.63) is 60.8 Å². The normalized spacial score (nSPS) is 19.6. The molecule has 1 aliphatic carbocycles. The third kappa shape index (κ3) is 5.39. The van der Waals surface area contributed by atoms with Crippen molar-refractivity contribution in [3.8, 4) is 11.3 Å². The van der Waals surface area contributed by atoms with Crippen molar-refractivity contribution in [2.24, 2.45) is 11.7 Å². The second-order valence-electron chi connectivity index (χ2n) is 10.7. The van der Waals surface area contributed by atoms with Crippen LogP contribution in [0, 0.1) is 5.92 Å². The number of primary amides is 1. The molecule has 9 nitrogen and oxygen atoms in total. The second-order valence-corrected chi connectivity index (χ2v) is 10.7. The number of amides is 2. The minimum atomic E-state index is -0.269. The highest BCUT2D eigenvalue weighted by molar-refractivity contribution is 5.84. The molecule has 3 aliphatic rings. The third-order valence-corrected chi connectivity index (χ3v) is 8.27. The van der Waals surface area contributed by atoms with Gasteiger partial charge in [-0.05, 0) is 68.1 Å². The quantitative estimate of drug-likeness (QED) is 0.483. The number of carbonyl (C=O) groups is 2. The van der Waals surface area contributed by atoms with Crippen molar-refractivity contribution in [2.75, 3.05) is 47.8 Å². The molecule has 1 atom stereocenters. The molecule has 3 aromatic rings. The number of hydrogen-bond acceptors (Lipinski definition) is 7. The Morgan fingerprint density at radius 2 is 1.54 bits per heavy atom. The average Bonchev–Trinajstić information content (AvgIpc) is 3.44. The Morgan fingerprint density at radius 3 is 2.21 bits per heavy atom. The Labute approximate surface area is 229 Å². The molecule has 2 amide bonds. The van der Waals surface area contributed by atoms with Crippen LogP contribution in [0.25, 0.3) is 11.3 Å². The maximum Gasteiger partial charge on any atom is 0.240 e. The highest BCUT2D eigenvalue weighted by Gasteiger charge is 2.31. The molecule has 0 unspecified atom stereocenters. The van der Waals surface area contributed by atoms with E-state index in [1.165, 1.54) is 6.42 Å². The zero-order valence-corrected chi connectivity index (χ0v) is 22.1. The Hall–Kier alpha value is -4.14. The van der Waals surface area contributed by atoms with E-state index in [2.05, 4.69) is 32.2 Å². The van der Waals surface area contributed by atoms with E-state index in [0.29, 0.717) is 11.9 Å². The molecule has 0 spiro atoms. The molecular weight excluding hydrogens is 490 g/mol. The molecule has 0 bridgehead atoms. The molecule has 3 heterocycles. The predicted octanol–water partition coefficient (Wildman–Crippen LogP) is 3.79. The average molecular weight is 526 g/mol. The number of aromatic nitrogens is 2. The number of anilines is 4. The molecule has 2 aliphatic heterocycles. The maximum atomic E-state index is 12.5. The lowest BCUT2D eigenvalue weighted by atomic mass is 9.84. The minimum absolute atomic E-state index is 0.233. The Morgan fingerprint density at radius 1 is 0.821 bits per heavy atom. The SMILES string of the molecule is NC(=O)[C@H]1CCCN1c1ccc(-c2ccnc(Nc3ccc(N4CCN(C(=O)C5CCC5)CC4)cc3)n2)cc1. The molecular formula is C30H35N7O2. The van der Waals surface area contributed by atoms with Gasteiger partial charge in [0, 0.05) is 67.5 Å². The number of rotatable bonds is 7. The van der Waals surface area contributed by atoms with Crippen LogP contribution < -0.4 is 20.9 Å². The van der Waals surface area contributed by atoms with Gasteiger partial charge < -0.3 is 25.8 Å². The Balaban J connectivity index is 1.07. The van der Waals surface area contributed by atoms with Crippen molar-refractivity contribution < 1.29 is 9.59 Å². The summed E-state index contributed by atoms with van der Waals surface area (Å²) in [6, 6.07) is 18.0. The van der Waals surface area contributed by atoms with Gasteiger partial charge in [-0.1, -0.05) is 18.6 Å². The van der Waals surface area contributed by atoms with E-state index in [0.717, 1.165) is 86.7 Å². The number of nitrogens with two attached hydrogens (primary N) is 1. The van der Waals surface area contributed by atoms with E-state index in [1.807, 2.05) is 47.4 Å². The predicted molar refractivity (Wildman–Crippen MR) is 153 cm³/mol. The van der Waals surface area contributed by atoms with Gasteiger partial charge in [0.1, 0.15) is 6.04 Å². The van der Waals surface area contributed by atoms with Crippen LogP contribution >= 0.6 is 0 Å². The first-order valence-corrected chi connectivity index (χ1v) is 14.0. The van der Waals surface area contributed by atoms with E-state index in [9.17, 15) is 9.59 Å². The lowest BCUT2D eigenvalue weighted by Gasteiger charge is -2.39. The first-order valence-electron chi connectivity index (χ1n) is 14.0. The van der Waals surface area contributed by atoms with E-state index in [-0.39, 0.29) is 17.9 Å². The highest BCUT2D eigenvalue weighted by Crippen LogP contribution is 2.30. The first kappa shape index (κ1) is 25.2. The lowest BCUT2D eigenvalue weighted by molar-refractivity contribution is -0.138. The monoisotopic (exact) mass is 525 g/mol. The molecule has 0 radical (unpaired) electrons. The van der Waals surface area contributed by atoms with E-state index in [4.69, 9.17) is 10.7 Å². The summed E-state index contributed by atoms with van der Waals surface area (Å²) in [6.45, 7) is 4.14. The van der Waals surface area contributed by atoms with E-state index >= 15 is 0 Å². The number of carbonyl (C=O) groups excluding carboxylic acids is 2. The highest BCUT2D eigenvalue weighted by atomic mass is 16.2. The van der Waals surface area contributed by atoms with Gasteiger partial charge in [-0.3, -0.25) is 9.59 Å². The second kappa shape index (κ2) is 10.9. The van der Waals surface area contributed by atoms with E-state index in [1.54, 1.807) is 6.20 Å². The van der Waals surface area contributed by atoms with Gasteiger partial charge in [0.2, 0.25) is 17.8 Å². The fourth-order valence-corrected chi connectivity index (χ4v) is 5.76. The van der Waals surface area contributed by atoms with Crippen molar-refractivity contribution in [3.63, 3.8) is 0 Å². The summed E-state index contributed by atoms with van der Waals surface area (Å²) >= 11 is 0. The topological polar surface area (TPSA) is 108 Å². The fourth-order valence-electron chi connectivity index (χ4n) is 5.76. The van der Waals surface area contributed by atoms with Crippen molar-refractivity contribution in [1.82, 2.24) is 14.9 Å². The van der Waals surface area contributed by atoms with Gasteiger partial charge in [-0.2, -0.15) is 0 Å². The summed E-state index contributed by atoms with van der Waals surface area (Å²) in [5.74, 6) is 0.880. The van der Waals surface area contributed by atoms with Crippen LogP contribution in [0.5, 0.6) is 0 Å². The van der Waals surface area contributed by atoms with Crippen LogP contribution in [-0.4, -0.2) is 65.4 Å². The van der Waals surface area contributed by atoms with Crippen LogP contribution in [-0.2, 0) is 9.59 Å². The van der Waals surface area contributed by atoms with Gasteiger partial charge in [-0.25, -0.2) is 9.97 Å². The maximum absolute atomic E-state index is 12.5. The molecule has 6 rings (SSSR count). The number of nitrogens with zero attached hydrogens (tertiary/aromatic N) is 5. The van der Waals surface area contributed by atoms with Crippen LogP contribution in [0.1, 0.15) is 32.1 Å².